The molecule has 1 aromatic carbocycles. The third-order valence-corrected chi connectivity index (χ3v) is 6.07. The Morgan fingerprint density at radius 2 is 1.71 bits per heavy atom. The molecule has 0 spiro atoms. The summed E-state index contributed by atoms with van der Waals surface area (Å²) in [6.07, 6.45) is 5.63. The molecule has 116 valence electrons. The van der Waals surface area contributed by atoms with Gasteiger partial charge in [0.2, 0.25) is 10.0 Å². The van der Waals surface area contributed by atoms with Crippen LogP contribution in [0.5, 0.6) is 0 Å². The summed E-state index contributed by atoms with van der Waals surface area (Å²) < 4.78 is 25.7. The summed E-state index contributed by atoms with van der Waals surface area (Å²) in [7, 11) is -3.08. The maximum absolute atomic E-state index is 12.0. The monoisotopic (exact) mass is 308 g/mol. The van der Waals surface area contributed by atoms with Gasteiger partial charge in [-0.05, 0) is 37.8 Å². The van der Waals surface area contributed by atoms with Gasteiger partial charge in [0.1, 0.15) is 0 Å². The van der Waals surface area contributed by atoms with Gasteiger partial charge in [0.25, 0.3) is 0 Å². The maximum Gasteiger partial charge on any atom is 0.211 e. The van der Waals surface area contributed by atoms with Gasteiger partial charge in [0, 0.05) is 25.2 Å². The second-order valence-electron chi connectivity index (χ2n) is 6.25. The van der Waals surface area contributed by atoms with Gasteiger partial charge in [-0.25, -0.2) is 8.42 Å². The lowest BCUT2D eigenvalue weighted by molar-refractivity contribution is 0.173. The van der Waals surface area contributed by atoms with Crippen molar-refractivity contribution in [3.8, 4) is 0 Å². The van der Waals surface area contributed by atoms with Crippen LogP contribution in [-0.2, 0) is 16.6 Å². The molecule has 2 aliphatic heterocycles. The second kappa shape index (κ2) is 6.07. The van der Waals surface area contributed by atoms with Gasteiger partial charge in [0.05, 0.1) is 6.26 Å². The standard InChI is InChI=1S/C16H24N2O2S/c1-21(19,20)18-12-6-10-16(18)15-9-5-11-17(15)13-14-7-3-2-4-8-14/h2-4,7-8,15-16H,5-6,9-13H2,1H3/t15-,16+/m1/s1. The molecule has 0 aromatic heterocycles. The van der Waals surface area contributed by atoms with Crippen molar-refractivity contribution in [3.05, 3.63) is 35.9 Å². The smallest absolute Gasteiger partial charge is 0.211 e. The fourth-order valence-corrected chi connectivity index (χ4v) is 5.06. The lowest BCUT2D eigenvalue weighted by Crippen LogP contribution is -2.47. The maximum atomic E-state index is 12.0. The fraction of sp³-hybridized carbons (Fsp3) is 0.625. The summed E-state index contributed by atoms with van der Waals surface area (Å²) in [5.41, 5.74) is 1.31. The molecule has 21 heavy (non-hydrogen) atoms. The summed E-state index contributed by atoms with van der Waals surface area (Å²) in [6.45, 7) is 2.70. The molecule has 5 heteroatoms. The van der Waals surface area contributed by atoms with E-state index in [9.17, 15) is 8.42 Å². The quantitative estimate of drug-likeness (QED) is 0.855. The minimum atomic E-state index is -3.08. The Kier molecular flexibility index (Phi) is 4.33. The van der Waals surface area contributed by atoms with E-state index in [1.54, 1.807) is 4.31 Å². The van der Waals surface area contributed by atoms with E-state index >= 15 is 0 Å². The first-order valence-electron chi connectivity index (χ1n) is 7.80. The fourth-order valence-electron chi connectivity index (χ4n) is 3.86. The van der Waals surface area contributed by atoms with Crippen LogP contribution in [0.4, 0.5) is 0 Å². The molecule has 0 saturated carbocycles. The van der Waals surface area contributed by atoms with Gasteiger partial charge in [-0.3, -0.25) is 4.90 Å². The second-order valence-corrected chi connectivity index (χ2v) is 8.18. The largest absolute Gasteiger partial charge is 0.295 e. The lowest BCUT2D eigenvalue weighted by Gasteiger charge is -2.33. The Morgan fingerprint density at radius 1 is 1.05 bits per heavy atom. The molecule has 0 N–H and O–H groups in total. The molecule has 0 aliphatic carbocycles. The molecule has 1 aromatic rings. The van der Waals surface area contributed by atoms with Gasteiger partial charge in [-0.1, -0.05) is 30.3 Å². The summed E-state index contributed by atoms with van der Waals surface area (Å²) in [4.78, 5) is 2.48. The number of hydrogen-bond acceptors (Lipinski definition) is 3. The van der Waals surface area contributed by atoms with Crippen molar-refractivity contribution in [2.24, 2.45) is 0 Å². The number of nitrogens with zero attached hydrogens (tertiary/aromatic N) is 2. The molecule has 4 nitrogen and oxygen atoms in total. The molecule has 0 bridgehead atoms. The Hall–Kier alpha value is -0.910. The van der Waals surface area contributed by atoms with Gasteiger partial charge in [0.15, 0.2) is 0 Å². The molecule has 0 unspecified atom stereocenters. The van der Waals surface area contributed by atoms with Crippen LogP contribution in [0.2, 0.25) is 0 Å². The zero-order chi connectivity index (χ0) is 14.9. The highest BCUT2D eigenvalue weighted by Gasteiger charge is 2.41. The first-order valence-corrected chi connectivity index (χ1v) is 9.65. The number of hydrogen-bond donors (Lipinski definition) is 0. The minimum Gasteiger partial charge on any atom is -0.295 e. The average molecular weight is 308 g/mol. The number of rotatable bonds is 4. The number of likely N-dealkylation sites (tertiary alicyclic amines) is 1. The highest BCUT2D eigenvalue weighted by atomic mass is 32.2. The van der Waals surface area contributed by atoms with Crippen molar-refractivity contribution in [2.45, 2.75) is 44.3 Å². The molecule has 2 saturated heterocycles. The predicted octanol–water partition coefficient (Wildman–Crippen LogP) is 2.07. The molecule has 0 amide bonds. The van der Waals surface area contributed by atoms with E-state index in [-0.39, 0.29) is 6.04 Å². The molecule has 2 aliphatic rings. The van der Waals surface area contributed by atoms with E-state index in [1.807, 2.05) is 6.07 Å². The van der Waals surface area contributed by atoms with Gasteiger partial charge in [-0.2, -0.15) is 4.31 Å². The molecule has 2 heterocycles. The Bertz CT molecular complexity index is 573. The van der Waals surface area contributed by atoms with Crippen LogP contribution in [-0.4, -0.2) is 49.1 Å². The van der Waals surface area contributed by atoms with Crippen molar-refractivity contribution in [1.29, 1.82) is 0 Å². The van der Waals surface area contributed by atoms with E-state index in [0.717, 1.165) is 32.4 Å². The van der Waals surface area contributed by atoms with Gasteiger partial charge in [-0.15, -0.1) is 0 Å². The zero-order valence-electron chi connectivity index (χ0n) is 12.6. The molecular weight excluding hydrogens is 284 g/mol. The summed E-state index contributed by atoms with van der Waals surface area (Å²) in [6, 6.07) is 11.0. The van der Waals surface area contributed by atoms with Gasteiger partial charge >= 0.3 is 0 Å². The van der Waals surface area contributed by atoms with E-state index in [0.29, 0.717) is 12.6 Å². The van der Waals surface area contributed by atoms with Crippen LogP contribution < -0.4 is 0 Å². The summed E-state index contributed by atoms with van der Waals surface area (Å²) in [5.74, 6) is 0. The Labute approximate surface area is 127 Å². The van der Waals surface area contributed by atoms with E-state index in [2.05, 4.69) is 29.2 Å². The molecule has 2 atom stereocenters. The third kappa shape index (κ3) is 3.30. The van der Waals surface area contributed by atoms with Crippen LogP contribution in [0.15, 0.2) is 30.3 Å². The first-order chi connectivity index (χ1) is 10.1. The normalized spacial score (nSPS) is 28.2. The SMILES string of the molecule is CS(=O)(=O)N1CCC[C@H]1[C@H]1CCCN1Cc1ccccc1. The number of benzene rings is 1. The lowest BCUT2D eigenvalue weighted by atomic mass is 10.0. The molecule has 3 rings (SSSR count). The van der Waals surface area contributed by atoms with Gasteiger partial charge < -0.3 is 0 Å². The Balaban J connectivity index is 1.75. The van der Waals surface area contributed by atoms with Crippen molar-refractivity contribution in [1.82, 2.24) is 9.21 Å². The molecular formula is C16H24N2O2S. The summed E-state index contributed by atoms with van der Waals surface area (Å²) in [5, 5.41) is 0. The average Bonchev–Trinajstić information content (AvgIpc) is 3.07. The van der Waals surface area contributed by atoms with E-state index < -0.39 is 10.0 Å². The molecule has 2 fully saturated rings. The van der Waals surface area contributed by atoms with Crippen molar-refractivity contribution in [2.75, 3.05) is 19.3 Å². The van der Waals surface area contributed by atoms with Crippen LogP contribution in [0, 0.1) is 0 Å². The minimum absolute atomic E-state index is 0.172. The highest BCUT2D eigenvalue weighted by molar-refractivity contribution is 7.88. The number of sulfonamides is 1. The first kappa shape index (κ1) is 15.0. The van der Waals surface area contributed by atoms with Crippen LogP contribution in [0.3, 0.4) is 0 Å². The molecule has 0 radical (unpaired) electrons. The highest BCUT2D eigenvalue weighted by Crippen LogP contribution is 2.32. The zero-order valence-corrected chi connectivity index (χ0v) is 13.4. The van der Waals surface area contributed by atoms with Crippen molar-refractivity contribution in [3.63, 3.8) is 0 Å². The Morgan fingerprint density at radius 3 is 2.43 bits per heavy atom. The van der Waals surface area contributed by atoms with E-state index in [4.69, 9.17) is 0 Å². The van der Waals surface area contributed by atoms with Crippen LogP contribution in [0.1, 0.15) is 31.2 Å². The predicted molar refractivity (Wildman–Crippen MR) is 84.4 cm³/mol. The van der Waals surface area contributed by atoms with Crippen LogP contribution >= 0.6 is 0 Å². The van der Waals surface area contributed by atoms with Crippen LogP contribution in [0.25, 0.3) is 0 Å². The summed E-state index contributed by atoms with van der Waals surface area (Å²) >= 11 is 0. The van der Waals surface area contributed by atoms with E-state index in [1.165, 1.54) is 18.2 Å². The van der Waals surface area contributed by atoms with Crippen molar-refractivity contribution < 1.29 is 8.42 Å². The topological polar surface area (TPSA) is 40.6 Å². The van der Waals surface area contributed by atoms with Crippen molar-refractivity contribution >= 4 is 10.0 Å². The third-order valence-electron chi connectivity index (χ3n) is 4.76.